The van der Waals surface area contributed by atoms with Gasteiger partial charge >= 0.3 is 18.1 Å². The summed E-state index contributed by atoms with van der Waals surface area (Å²) < 4.78 is 45.5. The molecule has 0 saturated heterocycles. The third-order valence-corrected chi connectivity index (χ3v) is 4.59. The average Bonchev–Trinajstić information content (AvgIpc) is 3.22. The molecule has 1 atom stereocenters. The van der Waals surface area contributed by atoms with Gasteiger partial charge in [0.15, 0.2) is 0 Å². The first-order chi connectivity index (χ1) is 14.7. The van der Waals surface area contributed by atoms with Crippen molar-refractivity contribution < 1.29 is 31.9 Å². The molecule has 2 N–H and O–H groups in total. The second kappa shape index (κ2) is 9.69. The number of benzene rings is 2. The zero-order valence-corrected chi connectivity index (χ0v) is 16.4. The molecule has 10 heteroatoms. The predicted octanol–water partition coefficient (Wildman–Crippen LogP) is 4.47. The van der Waals surface area contributed by atoms with Crippen molar-refractivity contribution in [3.63, 3.8) is 0 Å². The van der Waals surface area contributed by atoms with E-state index in [1.54, 1.807) is 0 Å². The van der Waals surface area contributed by atoms with Crippen LogP contribution < -0.4 is 5.73 Å². The molecule has 0 unspecified atom stereocenters. The van der Waals surface area contributed by atoms with Crippen LogP contribution in [0.1, 0.15) is 44.0 Å². The molecule has 3 aromatic rings. The Kier molecular flexibility index (Phi) is 7.01. The number of halogens is 3. The molecule has 0 aliphatic rings. The summed E-state index contributed by atoms with van der Waals surface area (Å²) in [6, 6.07) is 13.2. The molecule has 0 aliphatic heterocycles. The maximum atomic E-state index is 12.0. The largest absolute Gasteiger partial charge is 0.491 e. The molecule has 31 heavy (non-hydrogen) atoms. The van der Waals surface area contributed by atoms with E-state index in [-0.39, 0.29) is 18.7 Å². The maximum absolute atomic E-state index is 12.0. The minimum atomic E-state index is -5.18. The van der Waals surface area contributed by atoms with Gasteiger partial charge in [0.05, 0.1) is 6.04 Å². The molecule has 0 fully saturated rings. The number of rotatable bonds is 8. The number of nitrogens with two attached hydrogens (primary N) is 1. The van der Waals surface area contributed by atoms with Crippen molar-refractivity contribution in [1.82, 2.24) is 10.2 Å². The molecule has 3 rings (SSSR count). The summed E-state index contributed by atoms with van der Waals surface area (Å²) in [4.78, 5) is 21.8. The molecule has 1 aromatic heterocycles. The number of hydrogen-bond acceptors (Lipinski definition) is 7. The second-order valence-electron chi connectivity index (χ2n) is 6.97. The SMILES string of the molecule is N[C@@H](CCCCCC(=O)OC(=O)C(F)(F)F)c1nnc(-c2ccc3ccccc3c2)o1. The van der Waals surface area contributed by atoms with E-state index >= 15 is 0 Å². The van der Waals surface area contributed by atoms with Crippen LogP contribution in [0.15, 0.2) is 46.9 Å². The highest BCUT2D eigenvalue weighted by Crippen LogP contribution is 2.26. The van der Waals surface area contributed by atoms with Crippen LogP contribution in [0.25, 0.3) is 22.2 Å². The number of hydrogen-bond donors (Lipinski definition) is 1. The average molecular weight is 435 g/mol. The lowest BCUT2D eigenvalue weighted by Gasteiger charge is -2.07. The van der Waals surface area contributed by atoms with Crippen LogP contribution in [0.3, 0.4) is 0 Å². The lowest BCUT2D eigenvalue weighted by atomic mass is 10.1. The minimum absolute atomic E-state index is 0.267. The third-order valence-electron chi connectivity index (χ3n) is 4.59. The van der Waals surface area contributed by atoms with Crippen LogP contribution in [0.2, 0.25) is 0 Å². The van der Waals surface area contributed by atoms with Gasteiger partial charge in [0.25, 0.3) is 0 Å². The van der Waals surface area contributed by atoms with Gasteiger partial charge < -0.3 is 14.9 Å². The van der Waals surface area contributed by atoms with E-state index in [1.807, 2.05) is 42.5 Å². The van der Waals surface area contributed by atoms with Crippen LogP contribution >= 0.6 is 0 Å². The molecule has 164 valence electrons. The molecule has 0 saturated carbocycles. The summed E-state index contributed by atoms with van der Waals surface area (Å²) in [6.45, 7) is 0. The monoisotopic (exact) mass is 435 g/mol. The number of carbonyl (C=O) groups excluding carboxylic acids is 2. The molecule has 0 spiro atoms. The summed E-state index contributed by atoms with van der Waals surface area (Å²) in [7, 11) is 0. The Morgan fingerprint density at radius 3 is 2.52 bits per heavy atom. The lowest BCUT2D eigenvalue weighted by molar-refractivity contribution is -0.201. The Labute approximate surface area is 175 Å². The van der Waals surface area contributed by atoms with Crippen molar-refractivity contribution in [3.05, 3.63) is 48.4 Å². The van der Waals surface area contributed by atoms with Crippen LogP contribution in [-0.2, 0) is 14.3 Å². The van der Waals surface area contributed by atoms with E-state index in [4.69, 9.17) is 10.2 Å². The first kappa shape index (κ1) is 22.4. The number of carbonyl (C=O) groups is 2. The van der Waals surface area contributed by atoms with Gasteiger partial charge in [0, 0.05) is 12.0 Å². The van der Waals surface area contributed by atoms with E-state index in [0.29, 0.717) is 25.2 Å². The highest BCUT2D eigenvalue weighted by molar-refractivity contribution is 5.88. The smallest absolute Gasteiger partial charge is 0.419 e. The molecule has 2 aromatic carbocycles. The number of esters is 2. The Morgan fingerprint density at radius 1 is 1.03 bits per heavy atom. The van der Waals surface area contributed by atoms with Gasteiger partial charge in [-0.3, -0.25) is 4.79 Å². The first-order valence-electron chi connectivity index (χ1n) is 9.64. The topological polar surface area (TPSA) is 108 Å². The Bertz CT molecular complexity index is 1070. The zero-order valence-electron chi connectivity index (χ0n) is 16.4. The highest BCUT2D eigenvalue weighted by Gasteiger charge is 2.42. The number of nitrogens with zero attached hydrogens (tertiary/aromatic N) is 2. The van der Waals surface area contributed by atoms with Gasteiger partial charge in [-0.25, -0.2) is 4.79 Å². The lowest BCUT2D eigenvalue weighted by Crippen LogP contribution is -2.27. The number of unbranched alkanes of at least 4 members (excludes halogenated alkanes) is 2. The molecule has 0 bridgehead atoms. The fourth-order valence-corrected chi connectivity index (χ4v) is 2.97. The normalized spacial score (nSPS) is 12.6. The van der Waals surface area contributed by atoms with Gasteiger partial charge in [0.2, 0.25) is 11.8 Å². The predicted molar refractivity (Wildman–Crippen MR) is 104 cm³/mol. The third kappa shape index (κ3) is 6.11. The van der Waals surface area contributed by atoms with Gasteiger partial charge in [-0.1, -0.05) is 43.2 Å². The van der Waals surface area contributed by atoms with Crippen molar-refractivity contribution in [1.29, 1.82) is 0 Å². The summed E-state index contributed by atoms with van der Waals surface area (Å²) in [5.74, 6) is -3.08. The zero-order chi connectivity index (χ0) is 22.4. The molecule has 7 nitrogen and oxygen atoms in total. The van der Waals surface area contributed by atoms with E-state index in [1.165, 1.54) is 0 Å². The first-order valence-corrected chi connectivity index (χ1v) is 9.64. The number of fused-ring (bicyclic) bond motifs is 1. The van der Waals surface area contributed by atoms with E-state index < -0.39 is 24.2 Å². The Hall–Kier alpha value is -3.27. The second-order valence-corrected chi connectivity index (χ2v) is 6.97. The van der Waals surface area contributed by atoms with Gasteiger partial charge in [-0.15, -0.1) is 10.2 Å². The Balaban J connectivity index is 1.44. The van der Waals surface area contributed by atoms with Crippen LogP contribution in [0.5, 0.6) is 0 Å². The molecular formula is C21H20F3N3O4. The number of alkyl halides is 3. The maximum Gasteiger partial charge on any atom is 0.491 e. The van der Waals surface area contributed by atoms with Crippen LogP contribution in [0, 0.1) is 0 Å². The fraction of sp³-hybridized carbons (Fsp3) is 0.333. The van der Waals surface area contributed by atoms with E-state index in [0.717, 1.165) is 16.3 Å². The summed E-state index contributed by atoms with van der Waals surface area (Å²) >= 11 is 0. The summed E-state index contributed by atoms with van der Waals surface area (Å²) in [5.41, 5.74) is 6.85. The molecule has 0 amide bonds. The molecule has 0 aliphatic carbocycles. The minimum Gasteiger partial charge on any atom is -0.419 e. The molecular weight excluding hydrogens is 415 g/mol. The molecule has 0 radical (unpaired) electrons. The van der Waals surface area contributed by atoms with Gasteiger partial charge in [0.1, 0.15) is 0 Å². The van der Waals surface area contributed by atoms with E-state index in [9.17, 15) is 22.8 Å². The standard InChI is InChI=1S/C21H20F3N3O4/c22-21(23,24)20(29)30-17(28)9-3-1-2-8-16(25)19-27-26-18(31-19)15-11-10-13-6-4-5-7-14(13)12-15/h4-7,10-12,16H,1-3,8-9,25H2/t16-/m0/s1. The highest BCUT2D eigenvalue weighted by atomic mass is 19.4. The number of aromatic nitrogens is 2. The van der Waals surface area contributed by atoms with Crippen molar-refractivity contribution >= 4 is 22.7 Å². The summed E-state index contributed by atoms with van der Waals surface area (Å²) in [6.07, 6.45) is -3.63. The number of ether oxygens (including phenoxy) is 1. The van der Waals surface area contributed by atoms with Gasteiger partial charge in [-0.05, 0) is 35.7 Å². The van der Waals surface area contributed by atoms with Crippen LogP contribution in [0.4, 0.5) is 13.2 Å². The van der Waals surface area contributed by atoms with Crippen molar-refractivity contribution in [2.24, 2.45) is 5.73 Å². The summed E-state index contributed by atoms with van der Waals surface area (Å²) in [5, 5.41) is 10.2. The quantitative estimate of drug-likeness (QED) is 0.316. The molecule has 1 heterocycles. The fourth-order valence-electron chi connectivity index (χ4n) is 2.97. The van der Waals surface area contributed by atoms with Crippen LogP contribution in [-0.4, -0.2) is 28.3 Å². The van der Waals surface area contributed by atoms with Crippen molar-refractivity contribution in [2.45, 2.75) is 44.3 Å². The van der Waals surface area contributed by atoms with Gasteiger partial charge in [-0.2, -0.15) is 13.2 Å². The Morgan fingerprint density at radius 2 is 1.77 bits per heavy atom. The van der Waals surface area contributed by atoms with E-state index in [2.05, 4.69) is 14.9 Å². The van der Waals surface area contributed by atoms with Crippen molar-refractivity contribution in [2.75, 3.05) is 0 Å². The van der Waals surface area contributed by atoms with Crippen molar-refractivity contribution in [3.8, 4) is 11.5 Å².